The molecule has 0 atom stereocenters. The second-order valence-corrected chi connectivity index (χ2v) is 6.21. The highest BCUT2D eigenvalue weighted by Crippen LogP contribution is 2.41. The van der Waals surface area contributed by atoms with Crippen molar-refractivity contribution in [3.8, 4) is 6.07 Å². The molecular formula is C20H18N4O. The van der Waals surface area contributed by atoms with Gasteiger partial charge in [-0.2, -0.15) is 0 Å². The summed E-state index contributed by atoms with van der Waals surface area (Å²) >= 11 is 0. The van der Waals surface area contributed by atoms with Crippen LogP contribution in [0.3, 0.4) is 0 Å². The maximum atomic E-state index is 9.09. The van der Waals surface area contributed by atoms with Gasteiger partial charge < -0.3 is 9.64 Å². The number of allylic oxidation sites excluding steroid dienone is 1. The molecule has 0 aromatic heterocycles. The molecule has 1 aromatic rings. The van der Waals surface area contributed by atoms with Gasteiger partial charge in [0.1, 0.15) is 11.4 Å². The smallest absolute Gasteiger partial charge is 0.292 e. The maximum absolute atomic E-state index is 9.09. The zero-order chi connectivity index (χ0) is 18.6. The van der Waals surface area contributed by atoms with Crippen molar-refractivity contribution in [3.63, 3.8) is 0 Å². The van der Waals surface area contributed by atoms with Crippen LogP contribution in [0.2, 0.25) is 0 Å². The van der Waals surface area contributed by atoms with E-state index in [1.165, 1.54) is 0 Å². The fraction of sp³-hybridized carbons (Fsp3) is 0.250. The number of nitriles is 1. The van der Waals surface area contributed by atoms with Crippen LogP contribution in [-0.4, -0.2) is 19.7 Å². The Morgan fingerprint density at radius 3 is 2.32 bits per heavy atom. The van der Waals surface area contributed by atoms with Crippen molar-refractivity contribution < 1.29 is 4.74 Å². The molecule has 25 heavy (non-hydrogen) atoms. The quantitative estimate of drug-likeness (QED) is 0.609. The van der Waals surface area contributed by atoms with E-state index >= 15 is 0 Å². The lowest BCUT2D eigenvalue weighted by atomic mass is 9.96. The van der Waals surface area contributed by atoms with Crippen LogP contribution in [0, 0.1) is 24.5 Å². The van der Waals surface area contributed by atoms with E-state index in [-0.39, 0.29) is 17.2 Å². The summed E-state index contributed by atoms with van der Waals surface area (Å²) in [7, 11) is 3.96. The summed E-state index contributed by atoms with van der Waals surface area (Å²) in [6.07, 6.45) is 3.72. The van der Waals surface area contributed by atoms with Gasteiger partial charge in [-0.15, -0.1) is 0 Å². The lowest BCUT2D eigenvalue weighted by Crippen LogP contribution is -2.20. The van der Waals surface area contributed by atoms with Crippen molar-refractivity contribution in [3.05, 3.63) is 81.5 Å². The van der Waals surface area contributed by atoms with Gasteiger partial charge in [-0.25, -0.2) is 15.0 Å². The van der Waals surface area contributed by atoms with Gasteiger partial charge in [0.05, 0.1) is 19.2 Å². The molecular weight excluding hydrogens is 312 g/mol. The van der Waals surface area contributed by atoms with Crippen LogP contribution in [-0.2, 0) is 4.74 Å². The van der Waals surface area contributed by atoms with Crippen molar-refractivity contribution in [1.82, 2.24) is 0 Å². The molecule has 0 amide bonds. The van der Waals surface area contributed by atoms with Crippen LogP contribution in [0.25, 0.3) is 15.8 Å². The highest BCUT2D eigenvalue weighted by molar-refractivity contribution is 5.62. The molecule has 0 N–H and O–H groups in total. The Bertz CT molecular complexity index is 879. The minimum absolute atomic E-state index is 0.0695. The lowest BCUT2D eigenvalue weighted by Gasteiger charge is -2.22. The Labute approximate surface area is 148 Å². The summed E-state index contributed by atoms with van der Waals surface area (Å²) < 4.78 is 5.75. The van der Waals surface area contributed by atoms with Gasteiger partial charge in [0.2, 0.25) is 5.70 Å². The Morgan fingerprint density at radius 1 is 1.20 bits per heavy atom. The van der Waals surface area contributed by atoms with Crippen molar-refractivity contribution in [2.75, 3.05) is 19.0 Å². The van der Waals surface area contributed by atoms with E-state index in [2.05, 4.69) is 9.69 Å². The number of hydrogen-bond acceptors (Lipinski definition) is 3. The Morgan fingerprint density at radius 2 is 1.84 bits per heavy atom. The summed E-state index contributed by atoms with van der Waals surface area (Å²) in [6, 6.07) is 9.80. The highest BCUT2D eigenvalue weighted by atomic mass is 16.5. The minimum atomic E-state index is -0.776. The van der Waals surface area contributed by atoms with Crippen LogP contribution < -0.4 is 4.90 Å². The topological polar surface area (TPSA) is 45.0 Å². The largest absolute Gasteiger partial charge is 0.505 e. The monoisotopic (exact) mass is 330 g/mol. The molecule has 0 spiro atoms. The second-order valence-electron chi connectivity index (χ2n) is 6.21. The molecule has 0 fully saturated rings. The molecule has 0 unspecified atom stereocenters. The lowest BCUT2D eigenvalue weighted by molar-refractivity contribution is 0.0952. The summed E-state index contributed by atoms with van der Waals surface area (Å²) in [5.41, 5.74) is 1.99. The van der Waals surface area contributed by atoms with E-state index in [0.29, 0.717) is 5.57 Å². The predicted molar refractivity (Wildman–Crippen MR) is 97.8 cm³/mol. The number of hydrogen-bond donors (Lipinski definition) is 0. The van der Waals surface area contributed by atoms with Gasteiger partial charge in [0, 0.05) is 25.4 Å². The van der Waals surface area contributed by atoms with E-state index in [1.54, 1.807) is 6.07 Å². The van der Waals surface area contributed by atoms with E-state index in [9.17, 15) is 0 Å². The first-order chi connectivity index (χ1) is 11.8. The van der Waals surface area contributed by atoms with E-state index in [4.69, 9.17) is 23.1 Å². The fourth-order valence-corrected chi connectivity index (χ4v) is 2.51. The van der Waals surface area contributed by atoms with Crippen molar-refractivity contribution >= 4 is 11.8 Å². The number of rotatable bonds is 3. The predicted octanol–water partition coefficient (Wildman–Crippen LogP) is 4.40. The Balaban J connectivity index is 2.47. The zero-order valence-corrected chi connectivity index (χ0v) is 14.7. The van der Waals surface area contributed by atoms with Gasteiger partial charge >= 0.3 is 0 Å². The number of nitrogens with zero attached hydrogens (tertiary/aromatic N) is 4. The van der Waals surface area contributed by atoms with Crippen molar-refractivity contribution in [2.24, 2.45) is 0 Å². The van der Waals surface area contributed by atoms with Crippen molar-refractivity contribution in [2.45, 2.75) is 19.4 Å². The van der Waals surface area contributed by atoms with Gasteiger partial charge in [0.15, 0.2) is 0 Å². The molecule has 5 heteroatoms. The van der Waals surface area contributed by atoms with Gasteiger partial charge in [-0.3, -0.25) is 0 Å². The first-order valence-corrected chi connectivity index (χ1v) is 7.63. The van der Waals surface area contributed by atoms with Gasteiger partial charge in [-0.05, 0) is 31.5 Å². The molecule has 0 aliphatic carbocycles. The summed E-state index contributed by atoms with van der Waals surface area (Å²) in [5.74, 6) is 0.0695. The van der Waals surface area contributed by atoms with Crippen LogP contribution in [0.4, 0.5) is 5.69 Å². The molecule has 0 bridgehead atoms. The van der Waals surface area contributed by atoms with Gasteiger partial charge in [0.25, 0.3) is 5.70 Å². The van der Waals surface area contributed by atoms with Crippen LogP contribution in [0.15, 0.2) is 53.1 Å². The SMILES string of the molecule is [C-]#[N+]C(C#N)=C1OC(C)(C)C(C=Cc2ccc(N(C)C)cc2)=C1[N+]#[C-]. The number of anilines is 1. The molecule has 1 aliphatic rings. The molecule has 1 heterocycles. The molecule has 124 valence electrons. The molecule has 1 aliphatic heterocycles. The summed E-state index contributed by atoms with van der Waals surface area (Å²) in [4.78, 5) is 8.69. The fourth-order valence-electron chi connectivity index (χ4n) is 2.51. The first kappa shape index (κ1) is 17.9. The van der Waals surface area contributed by atoms with E-state index in [0.717, 1.165) is 11.3 Å². The van der Waals surface area contributed by atoms with Gasteiger partial charge in [-0.1, -0.05) is 24.3 Å². The number of ether oxygens (including phenoxy) is 1. The molecule has 5 nitrogen and oxygen atoms in total. The Kier molecular flexibility index (Phi) is 4.97. The third-order valence-electron chi connectivity index (χ3n) is 3.87. The average molecular weight is 330 g/mol. The normalized spacial score (nSPS) is 17.5. The number of benzene rings is 1. The zero-order valence-electron chi connectivity index (χ0n) is 14.7. The van der Waals surface area contributed by atoms with Crippen LogP contribution in [0.5, 0.6) is 0 Å². The van der Waals surface area contributed by atoms with Crippen molar-refractivity contribution in [1.29, 1.82) is 5.26 Å². The molecule has 0 radical (unpaired) electrons. The molecule has 2 rings (SSSR count). The third kappa shape index (κ3) is 3.55. The second kappa shape index (κ2) is 6.95. The molecule has 0 saturated heterocycles. The third-order valence-corrected chi connectivity index (χ3v) is 3.87. The summed E-state index contributed by atoms with van der Waals surface area (Å²) in [6.45, 7) is 18.2. The van der Waals surface area contributed by atoms with Crippen LogP contribution >= 0.6 is 0 Å². The molecule has 0 saturated carbocycles. The average Bonchev–Trinajstić information content (AvgIpc) is 2.84. The Hall–Kier alpha value is -3.49. The standard InChI is InChI=1S/C20H18N4O/c1-20(2)16(18(23-4)19(25-20)17(13-21)22-3)12-9-14-7-10-15(11-8-14)24(5)6/h7-12H,1-2,5-6H3. The minimum Gasteiger partial charge on any atom is -0.505 e. The summed E-state index contributed by atoms with van der Waals surface area (Å²) in [5, 5.41) is 9.09. The van der Waals surface area contributed by atoms with E-state index in [1.807, 2.05) is 69.3 Å². The highest BCUT2D eigenvalue weighted by Gasteiger charge is 2.38. The van der Waals surface area contributed by atoms with Crippen LogP contribution in [0.1, 0.15) is 19.4 Å². The van der Waals surface area contributed by atoms with E-state index < -0.39 is 5.60 Å². The maximum Gasteiger partial charge on any atom is 0.292 e. The first-order valence-electron chi connectivity index (χ1n) is 7.63. The molecule has 1 aromatic carbocycles.